The van der Waals surface area contributed by atoms with E-state index in [-0.39, 0.29) is 23.5 Å². The van der Waals surface area contributed by atoms with E-state index in [1.54, 1.807) is 30.3 Å². The van der Waals surface area contributed by atoms with Crippen LogP contribution in [0.5, 0.6) is 0 Å². The highest BCUT2D eigenvalue weighted by atomic mass is 32.2. The Bertz CT molecular complexity index is 702. The molecule has 0 spiro atoms. The number of hydrogen-bond acceptors (Lipinski definition) is 4. The SMILES string of the molecule is N#Cc1cccc(/C=C/C(=O)N[C@H]2CCCS(=O)(=O)C2)c1. The van der Waals surface area contributed by atoms with Gasteiger partial charge in [0, 0.05) is 12.1 Å². The molecule has 1 atom stereocenters. The maximum atomic E-state index is 11.8. The van der Waals surface area contributed by atoms with E-state index in [0.717, 1.165) is 5.56 Å². The summed E-state index contributed by atoms with van der Waals surface area (Å²) in [5.74, 6) is -0.105. The van der Waals surface area contributed by atoms with Gasteiger partial charge in [-0.3, -0.25) is 4.79 Å². The van der Waals surface area contributed by atoms with Crippen LogP contribution >= 0.6 is 0 Å². The summed E-state index contributed by atoms with van der Waals surface area (Å²) in [6, 6.07) is 8.60. The van der Waals surface area contributed by atoms with Crippen LogP contribution in [0.15, 0.2) is 30.3 Å². The normalized spacial score (nSPS) is 20.8. The van der Waals surface area contributed by atoms with Gasteiger partial charge < -0.3 is 5.32 Å². The molecule has 1 amide bonds. The van der Waals surface area contributed by atoms with Crippen molar-refractivity contribution in [2.75, 3.05) is 11.5 Å². The van der Waals surface area contributed by atoms with Crippen molar-refractivity contribution in [3.8, 4) is 6.07 Å². The largest absolute Gasteiger partial charge is 0.349 e. The first kappa shape index (κ1) is 15.3. The Morgan fingerprint density at radius 2 is 2.24 bits per heavy atom. The molecule has 1 aromatic carbocycles. The molecule has 0 unspecified atom stereocenters. The second-order valence-electron chi connectivity index (χ2n) is 5.03. The van der Waals surface area contributed by atoms with Gasteiger partial charge in [0.25, 0.3) is 0 Å². The number of carbonyl (C=O) groups is 1. The molecular weight excluding hydrogens is 288 g/mol. The van der Waals surface area contributed by atoms with E-state index in [1.807, 2.05) is 6.07 Å². The molecule has 1 N–H and O–H groups in total. The Hall–Kier alpha value is -2.13. The number of hydrogen-bond donors (Lipinski definition) is 1. The van der Waals surface area contributed by atoms with Crippen molar-refractivity contribution >= 4 is 21.8 Å². The highest BCUT2D eigenvalue weighted by Crippen LogP contribution is 2.12. The Kier molecular flexibility index (Phi) is 4.76. The molecule has 0 aliphatic carbocycles. The molecule has 1 aliphatic rings. The van der Waals surface area contributed by atoms with Crippen molar-refractivity contribution in [1.29, 1.82) is 5.26 Å². The zero-order valence-electron chi connectivity index (χ0n) is 11.5. The Morgan fingerprint density at radius 3 is 2.95 bits per heavy atom. The predicted molar refractivity (Wildman–Crippen MR) is 80.0 cm³/mol. The standard InChI is InChI=1S/C15H16N2O3S/c16-10-13-4-1-3-12(9-13)6-7-15(18)17-14-5-2-8-21(19,20)11-14/h1,3-4,6-7,9,14H,2,5,8,11H2,(H,17,18)/b7-6+/t14-/m0/s1. The summed E-state index contributed by atoms with van der Waals surface area (Å²) in [7, 11) is -3.03. The van der Waals surface area contributed by atoms with Gasteiger partial charge in [-0.2, -0.15) is 5.26 Å². The Morgan fingerprint density at radius 1 is 1.43 bits per heavy atom. The fourth-order valence-electron chi connectivity index (χ4n) is 2.27. The molecule has 5 nitrogen and oxygen atoms in total. The van der Waals surface area contributed by atoms with Crippen molar-refractivity contribution in [3.63, 3.8) is 0 Å². The van der Waals surface area contributed by atoms with Crippen molar-refractivity contribution in [3.05, 3.63) is 41.5 Å². The third kappa shape index (κ3) is 4.72. The van der Waals surface area contributed by atoms with Gasteiger partial charge in [-0.05, 0) is 36.6 Å². The molecule has 21 heavy (non-hydrogen) atoms. The molecule has 1 fully saturated rings. The van der Waals surface area contributed by atoms with Crippen LogP contribution in [0.1, 0.15) is 24.0 Å². The maximum absolute atomic E-state index is 11.8. The minimum Gasteiger partial charge on any atom is -0.349 e. The lowest BCUT2D eigenvalue weighted by molar-refractivity contribution is -0.117. The van der Waals surface area contributed by atoms with Gasteiger partial charge in [0.15, 0.2) is 9.84 Å². The highest BCUT2D eigenvalue weighted by Gasteiger charge is 2.25. The van der Waals surface area contributed by atoms with Crippen LogP contribution in [-0.2, 0) is 14.6 Å². The molecule has 1 aromatic rings. The minimum absolute atomic E-state index is 0.0104. The number of carbonyl (C=O) groups excluding carboxylic acids is 1. The summed E-state index contributed by atoms with van der Waals surface area (Å²) >= 11 is 0. The van der Waals surface area contributed by atoms with E-state index < -0.39 is 9.84 Å². The molecule has 2 rings (SSSR count). The number of nitriles is 1. The summed E-state index contributed by atoms with van der Waals surface area (Å²) in [6.45, 7) is 0. The van der Waals surface area contributed by atoms with Crippen molar-refractivity contribution in [1.82, 2.24) is 5.32 Å². The zero-order valence-corrected chi connectivity index (χ0v) is 12.3. The first-order valence-electron chi connectivity index (χ1n) is 6.68. The molecule has 110 valence electrons. The lowest BCUT2D eigenvalue weighted by atomic mass is 10.1. The van der Waals surface area contributed by atoms with Crippen LogP contribution in [-0.4, -0.2) is 31.9 Å². The topological polar surface area (TPSA) is 87.0 Å². The Labute approximate surface area is 124 Å². The summed E-state index contributed by atoms with van der Waals surface area (Å²) in [5.41, 5.74) is 1.27. The second kappa shape index (κ2) is 6.55. The fourth-order valence-corrected chi connectivity index (χ4v) is 3.91. The van der Waals surface area contributed by atoms with Gasteiger partial charge in [0.05, 0.1) is 23.1 Å². The van der Waals surface area contributed by atoms with Crippen LogP contribution in [0.4, 0.5) is 0 Å². The van der Waals surface area contributed by atoms with Crippen LogP contribution in [0.25, 0.3) is 6.08 Å². The van der Waals surface area contributed by atoms with Crippen LogP contribution in [0.3, 0.4) is 0 Å². The van der Waals surface area contributed by atoms with Crippen LogP contribution in [0, 0.1) is 11.3 Å². The third-order valence-electron chi connectivity index (χ3n) is 3.25. The molecule has 0 aromatic heterocycles. The van der Waals surface area contributed by atoms with Gasteiger partial charge in [-0.25, -0.2) is 8.42 Å². The van der Waals surface area contributed by atoms with Crippen molar-refractivity contribution in [2.24, 2.45) is 0 Å². The lowest BCUT2D eigenvalue weighted by Gasteiger charge is -2.22. The zero-order chi connectivity index (χ0) is 15.3. The molecule has 1 saturated heterocycles. The molecular formula is C15H16N2O3S. The van der Waals surface area contributed by atoms with Gasteiger partial charge in [-0.15, -0.1) is 0 Å². The van der Waals surface area contributed by atoms with Gasteiger partial charge in [-0.1, -0.05) is 12.1 Å². The van der Waals surface area contributed by atoms with E-state index in [2.05, 4.69) is 5.32 Å². The number of nitrogens with zero attached hydrogens (tertiary/aromatic N) is 1. The van der Waals surface area contributed by atoms with Gasteiger partial charge in [0.1, 0.15) is 0 Å². The predicted octanol–water partition coefficient (Wildman–Crippen LogP) is 1.26. The van der Waals surface area contributed by atoms with E-state index in [0.29, 0.717) is 18.4 Å². The average molecular weight is 304 g/mol. The van der Waals surface area contributed by atoms with Crippen molar-refractivity contribution < 1.29 is 13.2 Å². The molecule has 0 radical (unpaired) electrons. The van der Waals surface area contributed by atoms with Gasteiger partial charge >= 0.3 is 0 Å². The summed E-state index contributed by atoms with van der Waals surface area (Å²) < 4.78 is 23.0. The average Bonchev–Trinajstić information content (AvgIpc) is 2.44. The van der Waals surface area contributed by atoms with E-state index in [9.17, 15) is 13.2 Å². The molecule has 6 heteroatoms. The smallest absolute Gasteiger partial charge is 0.244 e. The van der Waals surface area contributed by atoms with E-state index in [4.69, 9.17) is 5.26 Å². The van der Waals surface area contributed by atoms with Crippen LogP contribution < -0.4 is 5.32 Å². The lowest BCUT2D eigenvalue weighted by Crippen LogP contribution is -2.42. The Balaban J connectivity index is 1.95. The number of rotatable bonds is 3. The fraction of sp³-hybridized carbons (Fsp3) is 0.333. The monoisotopic (exact) mass is 304 g/mol. The quantitative estimate of drug-likeness (QED) is 0.852. The number of amides is 1. The molecule has 0 bridgehead atoms. The minimum atomic E-state index is -3.03. The third-order valence-corrected chi connectivity index (χ3v) is 5.07. The number of sulfone groups is 1. The number of benzene rings is 1. The second-order valence-corrected chi connectivity index (χ2v) is 7.26. The molecule has 0 saturated carbocycles. The highest BCUT2D eigenvalue weighted by molar-refractivity contribution is 7.91. The molecule has 1 heterocycles. The van der Waals surface area contributed by atoms with E-state index in [1.165, 1.54) is 6.08 Å². The summed E-state index contributed by atoms with van der Waals surface area (Å²) in [6.07, 6.45) is 4.23. The van der Waals surface area contributed by atoms with Gasteiger partial charge in [0.2, 0.25) is 5.91 Å². The summed E-state index contributed by atoms with van der Waals surface area (Å²) in [4.78, 5) is 11.8. The first-order valence-corrected chi connectivity index (χ1v) is 8.50. The van der Waals surface area contributed by atoms with Crippen LogP contribution in [0.2, 0.25) is 0 Å². The maximum Gasteiger partial charge on any atom is 0.244 e. The molecule has 1 aliphatic heterocycles. The number of nitrogens with one attached hydrogen (secondary N) is 1. The first-order chi connectivity index (χ1) is 9.98. The van der Waals surface area contributed by atoms with E-state index >= 15 is 0 Å². The summed E-state index contributed by atoms with van der Waals surface area (Å²) in [5, 5.41) is 11.5. The van der Waals surface area contributed by atoms with Crippen molar-refractivity contribution in [2.45, 2.75) is 18.9 Å².